The molecule has 0 aromatic rings. The molecule has 0 saturated carbocycles. The van der Waals surface area contributed by atoms with Crippen molar-refractivity contribution in [1.82, 2.24) is 0 Å². The molecule has 0 aliphatic heterocycles. The van der Waals surface area contributed by atoms with Crippen LogP contribution in [-0.2, 0) is 28.6 Å². The molecule has 0 radical (unpaired) electrons. The average Bonchev–Trinajstić information content (AvgIpc) is 2.91. The highest BCUT2D eigenvalue weighted by atomic mass is 16.6. The Kier molecular flexibility index (Phi) is 17.9. The normalized spacial score (nSPS) is 16.3. The summed E-state index contributed by atoms with van der Waals surface area (Å²) in [5, 5.41) is 0. The number of hydrogen-bond donors (Lipinski definition) is 0. The van der Waals surface area contributed by atoms with Crippen LogP contribution >= 0.6 is 0 Å². The molecule has 2 atom stereocenters. The largest absolute Gasteiger partial charge is 0.461 e. The molecule has 0 aromatic heterocycles. The Labute approximate surface area is 341 Å². The number of allylic oxidation sites excluding steroid dienone is 4. The summed E-state index contributed by atoms with van der Waals surface area (Å²) < 4.78 is 18.0. The van der Waals surface area contributed by atoms with Crippen molar-refractivity contribution in [1.29, 1.82) is 0 Å². The third-order valence-corrected chi connectivity index (χ3v) is 10.1. The lowest BCUT2D eigenvalue weighted by Crippen LogP contribution is -2.41. The van der Waals surface area contributed by atoms with Crippen molar-refractivity contribution in [3.8, 4) is 0 Å². The van der Waals surface area contributed by atoms with Gasteiger partial charge in [-0.3, -0.25) is 14.4 Å². The number of hydrogen-bond acceptors (Lipinski definition) is 6. The zero-order valence-corrected chi connectivity index (χ0v) is 40.5. The molecule has 0 aliphatic carbocycles. The zero-order valence-electron chi connectivity index (χ0n) is 40.5. The average molecular weight is 775 g/mol. The molecule has 0 N–H and O–H groups in total. The Morgan fingerprint density at radius 3 is 1.07 bits per heavy atom. The lowest BCUT2D eigenvalue weighted by molar-refractivity contribution is -0.179. The molecule has 55 heavy (non-hydrogen) atoms. The van der Waals surface area contributed by atoms with Crippen LogP contribution in [0.2, 0.25) is 0 Å². The predicted octanol–water partition coefficient (Wildman–Crippen LogP) is 13.8. The van der Waals surface area contributed by atoms with Gasteiger partial charge in [-0.15, -0.1) is 0 Å². The summed E-state index contributed by atoms with van der Waals surface area (Å²) in [4.78, 5) is 41.3. The van der Waals surface area contributed by atoms with E-state index in [2.05, 4.69) is 142 Å². The van der Waals surface area contributed by atoms with E-state index in [1.807, 2.05) is 41.5 Å². The van der Waals surface area contributed by atoms with Crippen LogP contribution in [0.4, 0.5) is 0 Å². The number of carbonyl (C=O) groups is 3. The van der Waals surface area contributed by atoms with E-state index >= 15 is 0 Å². The third-order valence-electron chi connectivity index (χ3n) is 10.1. The molecule has 0 aliphatic rings. The highest BCUT2D eigenvalue weighted by Gasteiger charge is 2.41. The van der Waals surface area contributed by atoms with Crippen molar-refractivity contribution in [2.45, 2.75) is 204 Å². The van der Waals surface area contributed by atoms with E-state index in [9.17, 15) is 14.4 Å². The van der Waals surface area contributed by atoms with Gasteiger partial charge in [-0.05, 0) is 111 Å². The van der Waals surface area contributed by atoms with E-state index in [1.54, 1.807) is 0 Å². The summed E-state index contributed by atoms with van der Waals surface area (Å²) in [5.74, 6) is -1.15. The second-order valence-electron chi connectivity index (χ2n) is 25.1. The second kappa shape index (κ2) is 18.6. The van der Waals surface area contributed by atoms with Gasteiger partial charge < -0.3 is 14.2 Å². The third kappa shape index (κ3) is 21.8. The minimum atomic E-state index is -0.957. The smallest absolute Gasteiger partial charge is 0.312 e. The van der Waals surface area contributed by atoms with Gasteiger partial charge in [0.05, 0.1) is 16.2 Å². The molecule has 6 nitrogen and oxygen atoms in total. The fraction of sp³-hybridized carbons (Fsp3) is 0.857. The lowest BCUT2D eigenvalue weighted by atomic mass is 9.70. The first kappa shape index (κ1) is 52.9. The van der Waals surface area contributed by atoms with Gasteiger partial charge in [0.15, 0.2) is 6.10 Å². The van der Waals surface area contributed by atoms with E-state index in [0.29, 0.717) is 25.7 Å². The topological polar surface area (TPSA) is 78.9 Å². The van der Waals surface area contributed by atoms with Crippen LogP contribution in [0.3, 0.4) is 0 Å². The van der Waals surface area contributed by atoms with Crippen molar-refractivity contribution < 1.29 is 28.6 Å². The Bertz CT molecular complexity index is 1320. The van der Waals surface area contributed by atoms with Crippen molar-refractivity contribution in [3.05, 3.63) is 24.3 Å². The summed E-state index contributed by atoms with van der Waals surface area (Å²) in [6.07, 6.45) is 12.5. The Balaban J connectivity index is 6.28. The molecule has 0 saturated heterocycles. The van der Waals surface area contributed by atoms with Gasteiger partial charge in [0, 0.05) is 0 Å². The minimum Gasteiger partial charge on any atom is -0.461 e. The monoisotopic (exact) mass is 775 g/mol. The number of rotatable bonds is 20. The first-order valence-electron chi connectivity index (χ1n) is 21.0. The second-order valence-corrected chi connectivity index (χ2v) is 25.1. The Morgan fingerprint density at radius 2 is 0.727 bits per heavy atom. The van der Waals surface area contributed by atoms with Crippen LogP contribution < -0.4 is 0 Å². The maximum atomic E-state index is 14.0. The van der Waals surface area contributed by atoms with Gasteiger partial charge >= 0.3 is 17.9 Å². The van der Waals surface area contributed by atoms with Gasteiger partial charge in [-0.1, -0.05) is 149 Å². The van der Waals surface area contributed by atoms with Crippen LogP contribution in [0.15, 0.2) is 24.3 Å². The van der Waals surface area contributed by atoms with Gasteiger partial charge in [0.1, 0.15) is 13.2 Å². The highest BCUT2D eigenvalue weighted by Crippen LogP contribution is 2.42. The van der Waals surface area contributed by atoms with E-state index in [0.717, 1.165) is 12.8 Å². The van der Waals surface area contributed by atoms with Crippen LogP contribution in [0.25, 0.3) is 0 Å². The first-order valence-corrected chi connectivity index (χ1v) is 21.0. The van der Waals surface area contributed by atoms with Crippen molar-refractivity contribution >= 4 is 17.9 Å². The maximum Gasteiger partial charge on any atom is 0.312 e. The molecule has 322 valence electrons. The maximum absolute atomic E-state index is 14.0. The number of esters is 3. The van der Waals surface area contributed by atoms with E-state index in [4.69, 9.17) is 14.2 Å². The first-order chi connectivity index (χ1) is 24.1. The SMILES string of the molecule is CCC(C)(CC(C)(C)C=CC(C)(C)CC(C)(C)C)C(=O)OCC(COC(=O)C(C)(C)CC(C)(C)C)OC(=O)C(C)(C)CC(C)(C)C=CC(C)(C)CC(C)(C)C. The van der Waals surface area contributed by atoms with Gasteiger partial charge in [0.2, 0.25) is 0 Å². The summed E-state index contributed by atoms with van der Waals surface area (Å²) in [6.45, 7) is 48.4. The molecule has 0 spiro atoms. The Morgan fingerprint density at radius 1 is 0.418 bits per heavy atom. The molecular formula is C49H90O6. The van der Waals surface area contributed by atoms with Crippen LogP contribution in [0.1, 0.15) is 198 Å². The Hall–Kier alpha value is -2.11. The van der Waals surface area contributed by atoms with Crippen LogP contribution in [0, 0.1) is 54.1 Å². The predicted molar refractivity (Wildman–Crippen MR) is 233 cm³/mol. The molecular weight excluding hydrogens is 685 g/mol. The van der Waals surface area contributed by atoms with E-state index < -0.39 is 28.3 Å². The van der Waals surface area contributed by atoms with Crippen molar-refractivity contribution in [3.63, 3.8) is 0 Å². The summed E-state index contributed by atoms with van der Waals surface area (Å²) in [5.41, 5.74) is -2.65. The zero-order chi connectivity index (χ0) is 43.9. The summed E-state index contributed by atoms with van der Waals surface area (Å²) >= 11 is 0. The molecule has 0 heterocycles. The molecule has 0 aromatic carbocycles. The molecule has 0 bridgehead atoms. The molecule has 0 rings (SSSR count). The number of ether oxygens (including phenoxy) is 3. The minimum absolute atomic E-state index is 0.00111. The number of carbonyl (C=O) groups excluding carboxylic acids is 3. The van der Waals surface area contributed by atoms with Gasteiger partial charge in [0.25, 0.3) is 0 Å². The highest BCUT2D eigenvalue weighted by molar-refractivity contribution is 5.78. The molecule has 6 heteroatoms. The molecule has 0 amide bonds. The fourth-order valence-electron chi connectivity index (χ4n) is 8.96. The van der Waals surface area contributed by atoms with Gasteiger partial charge in [-0.25, -0.2) is 0 Å². The van der Waals surface area contributed by atoms with Crippen molar-refractivity contribution in [2.24, 2.45) is 54.1 Å². The lowest BCUT2D eigenvalue weighted by Gasteiger charge is -2.36. The molecule has 2 unspecified atom stereocenters. The van der Waals surface area contributed by atoms with Crippen molar-refractivity contribution in [2.75, 3.05) is 13.2 Å². The molecule has 0 fully saturated rings. The van der Waals surface area contributed by atoms with Crippen LogP contribution in [-0.4, -0.2) is 37.2 Å². The van der Waals surface area contributed by atoms with Crippen LogP contribution in [0.5, 0.6) is 0 Å². The van der Waals surface area contributed by atoms with Gasteiger partial charge in [-0.2, -0.15) is 0 Å². The standard InChI is InChI=1S/C49H90O6/c1-24-49(23,35-46(17,18)28-26-44(13,14)32-41(5,6)7)39(52)54-30-36(29-53-37(50)47(19,20)33-42(8,9)10)55-38(51)48(21,22)34-45(15,16)27-25-43(11,12)31-40(2,3)4/h25-28,36H,24,29-35H2,1-23H3. The summed E-state index contributed by atoms with van der Waals surface area (Å²) in [6, 6.07) is 0. The fourth-order valence-corrected chi connectivity index (χ4v) is 8.96. The summed E-state index contributed by atoms with van der Waals surface area (Å²) in [7, 11) is 0. The van der Waals surface area contributed by atoms with E-state index in [-0.39, 0.29) is 63.1 Å². The van der Waals surface area contributed by atoms with E-state index in [1.165, 1.54) is 0 Å². The quantitative estimate of drug-likeness (QED) is 0.0696.